The van der Waals surface area contributed by atoms with Crippen molar-refractivity contribution in [3.8, 4) is 0 Å². The fraction of sp³-hybridized carbons (Fsp3) is 0.286. The Labute approximate surface area is 157 Å². The lowest BCUT2D eigenvalue weighted by Crippen LogP contribution is -2.28. The summed E-state index contributed by atoms with van der Waals surface area (Å²) in [6.07, 6.45) is 3.07. The lowest BCUT2D eigenvalue weighted by Gasteiger charge is -2.24. The fourth-order valence-electron chi connectivity index (χ4n) is 3.24. The monoisotopic (exact) mass is 362 g/mol. The highest BCUT2D eigenvalue weighted by Crippen LogP contribution is 2.27. The molecule has 27 heavy (non-hydrogen) atoms. The average molecular weight is 362 g/mol. The number of carbonyl (C=O) groups excluding carboxylic acids is 2. The van der Waals surface area contributed by atoms with Crippen molar-refractivity contribution in [1.29, 1.82) is 0 Å². The van der Waals surface area contributed by atoms with Gasteiger partial charge in [0.2, 0.25) is 5.91 Å². The standard InChI is InChI=1S/C21H22N4O2/c1-13-8-9-18-17(10-13)19(25-24-18)21(27)22-12-14-4-2-7-16(11-14)23-20(26)15-5-3-6-15/h2,4,7-11,15H,3,5-6,12H2,1H3,(H,22,27)(H,23,26)(H,24,25). The number of amides is 2. The number of H-pyrrole nitrogens is 1. The van der Waals surface area contributed by atoms with Crippen LogP contribution in [0.5, 0.6) is 0 Å². The average Bonchev–Trinajstić information content (AvgIpc) is 3.01. The topological polar surface area (TPSA) is 86.9 Å². The molecule has 3 aromatic rings. The molecule has 4 rings (SSSR count). The van der Waals surface area contributed by atoms with Crippen LogP contribution in [0.4, 0.5) is 5.69 Å². The second-order valence-corrected chi connectivity index (χ2v) is 7.12. The predicted molar refractivity (Wildman–Crippen MR) is 104 cm³/mol. The Kier molecular flexibility index (Phi) is 4.62. The zero-order valence-corrected chi connectivity index (χ0v) is 15.2. The van der Waals surface area contributed by atoms with E-state index in [9.17, 15) is 9.59 Å². The molecule has 1 saturated carbocycles. The molecule has 0 bridgehead atoms. The van der Waals surface area contributed by atoms with Gasteiger partial charge < -0.3 is 10.6 Å². The highest BCUT2D eigenvalue weighted by molar-refractivity contribution is 6.04. The first-order valence-corrected chi connectivity index (χ1v) is 9.23. The summed E-state index contributed by atoms with van der Waals surface area (Å²) < 4.78 is 0. The summed E-state index contributed by atoms with van der Waals surface area (Å²) in [5, 5.41) is 13.7. The van der Waals surface area contributed by atoms with Gasteiger partial charge in [-0.15, -0.1) is 0 Å². The van der Waals surface area contributed by atoms with Crippen LogP contribution in [0.2, 0.25) is 0 Å². The van der Waals surface area contributed by atoms with Gasteiger partial charge in [-0.05, 0) is 49.6 Å². The Morgan fingerprint density at radius 1 is 1.19 bits per heavy atom. The summed E-state index contributed by atoms with van der Waals surface area (Å²) in [6, 6.07) is 13.4. The molecular weight excluding hydrogens is 340 g/mol. The number of hydrogen-bond donors (Lipinski definition) is 3. The number of rotatable bonds is 5. The van der Waals surface area contributed by atoms with Gasteiger partial charge in [-0.2, -0.15) is 5.10 Å². The maximum Gasteiger partial charge on any atom is 0.272 e. The van der Waals surface area contributed by atoms with E-state index in [0.717, 1.165) is 47.0 Å². The maximum absolute atomic E-state index is 12.5. The number of carbonyl (C=O) groups is 2. The molecule has 1 aromatic heterocycles. The van der Waals surface area contributed by atoms with E-state index in [0.29, 0.717) is 12.2 Å². The number of benzene rings is 2. The molecule has 0 unspecified atom stereocenters. The number of nitrogens with zero attached hydrogens (tertiary/aromatic N) is 1. The second-order valence-electron chi connectivity index (χ2n) is 7.12. The summed E-state index contributed by atoms with van der Waals surface area (Å²) in [7, 11) is 0. The summed E-state index contributed by atoms with van der Waals surface area (Å²) in [6.45, 7) is 2.35. The van der Waals surface area contributed by atoms with Crippen molar-refractivity contribution in [2.45, 2.75) is 32.7 Å². The van der Waals surface area contributed by atoms with E-state index >= 15 is 0 Å². The summed E-state index contributed by atoms with van der Waals surface area (Å²) in [5.74, 6) is 0.00122. The van der Waals surface area contributed by atoms with Crippen molar-refractivity contribution in [2.75, 3.05) is 5.32 Å². The molecule has 6 heteroatoms. The highest BCUT2D eigenvalue weighted by Gasteiger charge is 2.25. The normalized spacial score (nSPS) is 14.0. The third kappa shape index (κ3) is 3.69. The number of aryl methyl sites for hydroxylation is 1. The zero-order chi connectivity index (χ0) is 18.8. The Bertz CT molecular complexity index is 1000. The van der Waals surface area contributed by atoms with Gasteiger partial charge in [-0.25, -0.2) is 0 Å². The van der Waals surface area contributed by atoms with Gasteiger partial charge in [0.05, 0.1) is 5.52 Å². The van der Waals surface area contributed by atoms with Crippen molar-refractivity contribution in [1.82, 2.24) is 15.5 Å². The van der Waals surface area contributed by atoms with Crippen molar-refractivity contribution < 1.29 is 9.59 Å². The minimum Gasteiger partial charge on any atom is -0.347 e. The molecule has 2 aromatic carbocycles. The molecule has 0 radical (unpaired) electrons. The quantitative estimate of drug-likeness (QED) is 0.649. The smallest absolute Gasteiger partial charge is 0.272 e. The molecule has 3 N–H and O–H groups in total. The lowest BCUT2D eigenvalue weighted by molar-refractivity contribution is -0.122. The van der Waals surface area contributed by atoms with Crippen LogP contribution in [-0.4, -0.2) is 22.0 Å². The van der Waals surface area contributed by atoms with Crippen LogP contribution >= 0.6 is 0 Å². The van der Waals surface area contributed by atoms with Crippen LogP contribution in [0.3, 0.4) is 0 Å². The molecule has 2 amide bonds. The van der Waals surface area contributed by atoms with Gasteiger partial charge in [0, 0.05) is 23.5 Å². The Morgan fingerprint density at radius 2 is 2.04 bits per heavy atom. The van der Waals surface area contributed by atoms with E-state index < -0.39 is 0 Å². The van der Waals surface area contributed by atoms with Gasteiger partial charge in [-0.1, -0.05) is 30.2 Å². The molecular formula is C21H22N4O2. The molecule has 0 atom stereocenters. The van der Waals surface area contributed by atoms with Crippen molar-refractivity contribution >= 4 is 28.4 Å². The van der Waals surface area contributed by atoms with Crippen molar-refractivity contribution in [3.05, 3.63) is 59.3 Å². The van der Waals surface area contributed by atoms with Gasteiger partial charge in [0.1, 0.15) is 0 Å². The number of fused-ring (bicyclic) bond motifs is 1. The Balaban J connectivity index is 1.42. The largest absolute Gasteiger partial charge is 0.347 e. The molecule has 0 spiro atoms. The first-order chi connectivity index (χ1) is 13.1. The van der Waals surface area contributed by atoms with Crippen LogP contribution in [0.15, 0.2) is 42.5 Å². The van der Waals surface area contributed by atoms with Crippen LogP contribution in [0.25, 0.3) is 10.9 Å². The zero-order valence-electron chi connectivity index (χ0n) is 15.2. The lowest BCUT2D eigenvalue weighted by atomic mass is 9.85. The summed E-state index contributed by atoms with van der Waals surface area (Å²) in [4.78, 5) is 24.6. The van der Waals surface area contributed by atoms with Gasteiger partial charge in [0.25, 0.3) is 5.91 Å². The summed E-state index contributed by atoms with van der Waals surface area (Å²) >= 11 is 0. The first kappa shape index (κ1) is 17.3. The third-order valence-corrected chi connectivity index (χ3v) is 5.06. The number of anilines is 1. The van der Waals surface area contributed by atoms with Crippen molar-refractivity contribution in [3.63, 3.8) is 0 Å². The number of aromatic amines is 1. The molecule has 138 valence electrons. The highest BCUT2D eigenvalue weighted by atomic mass is 16.2. The SMILES string of the molecule is Cc1ccc2[nH]nc(C(=O)NCc3cccc(NC(=O)C4CCC4)c3)c2c1. The number of hydrogen-bond acceptors (Lipinski definition) is 3. The number of aromatic nitrogens is 2. The Hall–Kier alpha value is -3.15. The van der Waals surface area contributed by atoms with Gasteiger partial charge >= 0.3 is 0 Å². The maximum atomic E-state index is 12.5. The molecule has 0 saturated heterocycles. The molecule has 1 fully saturated rings. The van der Waals surface area contributed by atoms with E-state index in [-0.39, 0.29) is 17.7 Å². The number of nitrogens with one attached hydrogen (secondary N) is 3. The van der Waals surface area contributed by atoms with Crippen LogP contribution < -0.4 is 10.6 Å². The van der Waals surface area contributed by atoms with Crippen LogP contribution in [0.1, 0.15) is 40.9 Å². The van der Waals surface area contributed by atoms with E-state index in [1.165, 1.54) is 0 Å². The molecule has 6 nitrogen and oxygen atoms in total. The van der Waals surface area contributed by atoms with Crippen LogP contribution in [0, 0.1) is 12.8 Å². The predicted octanol–water partition coefficient (Wildman–Crippen LogP) is 3.54. The minimum absolute atomic E-state index is 0.0841. The fourth-order valence-corrected chi connectivity index (χ4v) is 3.24. The second kappa shape index (κ2) is 7.23. The molecule has 1 aliphatic carbocycles. The van der Waals surface area contributed by atoms with E-state index in [4.69, 9.17) is 0 Å². The molecule has 1 heterocycles. The van der Waals surface area contributed by atoms with E-state index in [2.05, 4.69) is 20.8 Å². The first-order valence-electron chi connectivity index (χ1n) is 9.23. The van der Waals surface area contributed by atoms with Crippen LogP contribution in [-0.2, 0) is 11.3 Å². The Morgan fingerprint density at radius 3 is 2.81 bits per heavy atom. The summed E-state index contributed by atoms with van der Waals surface area (Å²) in [5.41, 5.74) is 3.99. The minimum atomic E-state index is -0.226. The molecule has 0 aliphatic heterocycles. The van der Waals surface area contributed by atoms with Gasteiger partial charge in [0.15, 0.2) is 5.69 Å². The van der Waals surface area contributed by atoms with Gasteiger partial charge in [-0.3, -0.25) is 14.7 Å². The van der Waals surface area contributed by atoms with E-state index in [1.54, 1.807) is 0 Å². The third-order valence-electron chi connectivity index (χ3n) is 5.06. The van der Waals surface area contributed by atoms with E-state index in [1.807, 2.05) is 49.4 Å². The molecule has 1 aliphatic rings. The van der Waals surface area contributed by atoms with Crippen molar-refractivity contribution in [2.24, 2.45) is 5.92 Å².